The summed E-state index contributed by atoms with van der Waals surface area (Å²) in [5.74, 6) is 0.678. The van der Waals surface area contributed by atoms with Crippen LogP contribution in [0.4, 0.5) is 5.69 Å². The van der Waals surface area contributed by atoms with E-state index in [1.54, 1.807) is 11.9 Å². The topological polar surface area (TPSA) is 35.9 Å². The van der Waals surface area contributed by atoms with Gasteiger partial charge in [0.15, 0.2) is 0 Å². The van der Waals surface area contributed by atoms with Gasteiger partial charge in [0.25, 0.3) is 5.91 Å². The maximum atomic E-state index is 11.9. The molecule has 4 nitrogen and oxygen atoms in total. The summed E-state index contributed by atoms with van der Waals surface area (Å²) in [6.07, 6.45) is 1.82. The fraction of sp³-hybridized carbons (Fsp3) is 0.286. The molecule has 1 aliphatic rings. The number of carbonyl (C=O) groups excluding carboxylic acids is 1. The lowest BCUT2D eigenvalue weighted by Crippen LogP contribution is -2.25. The Bertz CT molecular complexity index is 544. The van der Waals surface area contributed by atoms with Crippen LogP contribution in [-0.4, -0.2) is 37.8 Å². The van der Waals surface area contributed by atoms with Gasteiger partial charge in [-0.3, -0.25) is 9.69 Å². The van der Waals surface area contributed by atoms with Crippen molar-refractivity contribution in [1.29, 1.82) is 0 Å². The average Bonchev–Trinajstić information content (AvgIpc) is 2.57. The molecule has 1 aromatic carbocycles. The van der Waals surface area contributed by atoms with Crippen molar-refractivity contribution in [3.05, 3.63) is 35.5 Å². The smallest absolute Gasteiger partial charge is 0.277 e. The Kier molecular flexibility index (Phi) is 3.19. The van der Waals surface area contributed by atoms with Crippen LogP contribution < -0.4 is 4.90 Å². The molecule has 1 heterocycles. The van der Waals surface area contributed by atoms with Gasteiger partial charge in [0.1, 0.15) is 11.5 Å². The Hall–Kier alpha value is -2.10. The minimum Gasteiger partial charge on any atom is -0.378 e. The Labute approximate surface area is 107 Å². The number of anilines is 1. The standard InChI is InChI=1S/C14H17N3O/c1-10-15-13(14(18)17(10)4)9-11-6-5-7-12(8-11)16(2)3/h5-9H,1-4H3/b13-9-. The zero-order chi connectivity index (χ0) is 13.3. The van der Waals surface area contributed by atoms with E-state index < -0.39 is 0 Å². The quantitative estimate of drug-likeness (QED) is 0.745. The third-order valence-corrected chi connectivity index (χ3v) is 2.98. The molecule has 1 aliphatic heterocycles. The van der Waals surface area contributed by atoms with Gasteiger partial charge >= 0.3 is 0 Å². The average molecular weight is 243 g/mol. The molecule has 0 radical (unpaired) electrons. The van der Waals surface area contributed by atoms with Crippen LogP contribution in [0.3, 0.4) is 0 Å². The van der Waals surface area contributed by atoms with Crippen molar-refractivity contribution < 1.29 is 4.79 Å². The first kappa shape index (κ1) is 12.4. The van der Waals surface area contributed by atoms with Crippen LogP contribution in [-0.2, 0) is 4.79 Å². The van der Waals surface area contributed by atoms with Crippen molar-refractivity contribution >= 4 is 23.5 Å². The van der Waals surface area contributed by atoms with Gasteiger partial charge in [0, 0.05) is 26.8 Å². The molecule has 0 atom stereocenters. The van der Waals surface area contributed by atoms with Crippen LogP contribution in [0.2, 0.25) is 0 Å². The summed E-state index contributed by atoms with van der Waals surface area (Å²) in [6, 6.07) is 8.00. The predicted molar refractivity (Wildman–Crippen MR) is 74.6 cm³/mol. The lowest BCUT2D eigenvalue weighted by molar-refractivity contribution is -0.121. The zero-order valence-electron chi connectivity index (χ0n) is 11.1. The molecular formula is C14H17N3O. The number of amidine groups is 1. The van der Waals surface area contributed by atoms with Crippen LogP contribution in [0.15, 0.2) is 35.0 Å². The van der Waals surface area contributed by atoms with Crippen LogP contribution in [0, 0.1) is 0 Å². The molecule has 0 aliphatic carbocycles. The number of amides is 1. The Balaban J connectivity index is 2.34. The number of aliphatic imine (C=N–C) groups is 1. The molecule has 4 heteroatoms. The third kappa shape index (κ3) is 2.27. The number of likely N-dealkylation sites (N-methyl/N-ethyl adjacent to an activating group) is 1. The predicted octanol–water partition coefficient (Wildman–Crippen LogP) is 1.98. The molecule has 2 rings (SSSR count). The van der Waals surface area contributed by atoms with Gasteiger partial charge in [-0.2, -0.15) is 0 Å². The molecule has 94 valence electrons. The van der Waals surface area contributed by atoms with E-state index in [1.807, 2.05) is 56.3 Å². The van der Waals surface area contributed by atoms with Crippen molar-refractivity contribution in [1.82, 2.24) is 4.90 Å². The molecule has 0 aromatic heterocycles. The van der Waals surface area contributed by atoms with E-state index in [4.69, 9.17) is 0 Å². The van der Waals surface area contributed by atoms with E-state index in [-0.39, 0.29) is 5.91 Å². The summed E-state index contributed by atoms with van der Waals surface area (Å²) in [5, 5.41) is 0. The summed E-state index contributed by atoms with van der Waals surface area (Å²) >= 11 is 0. The highest BCUT2D eigenvalue weighted by atomic mass is 16.2. The molecule has 1 aromatic rings. The Morgan fingerprint density at radius 1 is 1.33 bits per heavy atom. The number of hydrogen-bond donors (Lipinski definition) is 0. The molecule has 0 unspecified atom stereocenters. The van der Waals surface area contributed by atoms with Gasteiger partial charge in [-0.25, -0.2) is 4.99 Å². The summed E-state index contributed by atoms with van der Waals surface area (Å²) in [4.78, 5) is 19.7. The number of nitrogens with zero attached hydrogens (tertiary/aromatic N) is 3. The number of carbonyl (C=O) groups is 1. The molecule has 0 N–H and O–H groups in total. The fourth-order valence-electron chi connectivity index (χ4n) is 1.76. The summed E-state index contributed by atoms with van der Waals surface area (Å²) in [6.45, 7) is 1.83. The summed E-state index contributed by atoms with van der Waals surface area (Å²) in [7, 11) is 5.71. The minimum absolute atomic E-state index is 0.0530. The molecule has 0 bridgehead atoms. The first-order valence-electron chi connectivity index (χ1n) is 5.81. The first-order valence-corrected chi connectivity index (χ1v) is 5.81. The van der Waals surface area contributed by atoms with Gasteiger partial charge in [-0.05, 0) is 30.7 Å². The lowest BCUT2D eigenvalue weighted by atomic mass is 10.1. The molecule has 18 heavy (non-hydrogen) atoms. The Morgan fingerprint density at radius 3 is 2.61 bits per heavy atom. The monoisotopic (exact) mass is 243 g/mol. The normalized spacial score (nSPS) is 17.3. The van der Waals surface area contributed by atoms with Gasteiger partial charge in [0.2, 0.25) is 0 Å². The van der Waals surface area contributed by atoms with E-state index in [0.717, 1.165) is 17.1 Å². The zero-order valence-corrected chi connectivity index (χ0v) is 11.1. The first-order chi connectivity index (χ1) is 8.49. The van der Waals surface area contributed by atoms with Gasteiger partial charge in [0.05, 0.1) is 0 Å². The van der Waals surface area contributed by atoms with Gasteiger partial charge < -0.3 is 4.90 Å². The molecule has 0 saturated heterocycles. The lowest BCUT2D eigenvalue weighted by Gasteiger charge is -2.12. The van der Waals surface area contributed by atoms with Crippen molar-refractivity contribution in [2.45, 2.75) is 6.92 Å². The molecular weight excluding hydrogens is 226 g/mol. The van der Waals surface area contributed by atoms with Crippen molar-refractivity contribution in [2.24, 2.45) is 4.99 Å². The molecule has 0 spiro atoms. The van der Waals surface area contributed by atoms with E-state index in [1.165, 1.54) is 0 Å². The van der Waals surface area contributed by atoms with E-state index in [2.05, 4.69) is 4.99 Å². The highest BCUT2D eigenvalue weighted by molar-refractivity contribution is 6.13. The number of benzene rings is 1. The van der Waals surface area contributed by atoms with E-state index in [9.17, 15) is 4.79 Å². The summed E-state index contributed by atoms with van der Waals surface area (Å²) in [5.41, 5.74) is 2.58. The van der Waals surface area contributed by atoms with Gasteiger partial charge in [-0.1, -0.05) is 12.1 Å². The van der Waals surface area contributed by atoms with E-state index >= 15 is 0 Å². The molecule has 1 amide bonds. The SMILES string of the molecule is CC1=N/C(=C\c2cccc(N(C)C)c2)C(=O)N1C. The summed E-state index contributed by atoms with van der Waals surface area (Å²) < 4.78 is 0. The fourth-order valence-corrected chi connectivity index (χ4v) is 1.76. The second kappa shape index (κ2) is 4.64. The van der Waals surface area contributed by atoms with Gasteiger partial charge in [-0.15, -0.1) is 0 Å². The van der Waals surface area contributed by atoms with Crippen molar-refractivity contribution in [3.8, 4) is 0 Å². The van der Waals surface area contributed by atoms with Crippen molar-refractivity contribution in [2.75, 3.05) is 26.0 Å². The largest absolute Gasteiger partial charge is 0.378 e. The second-order valence-electron chi connectivity index (χ2n) is 4.54. The molecule has 0 saturated carbocycles. The van der Waals surface area contributed by atoms with Crippen LogP contribution >= 0.6 is 0 Å². The maximum Gasteiger partial charge on any atom is 0.277 e. The van der Waals surface area contributed by atoms with Crippen LogP contribution in [0.1, 0.15) is 12.5 Å². The van der Waals surface area contributed by atoms with Crippen molar-refractivity contribution in [3.63, 3.8) is 0 Å². The highest BCUT2D eigenvalue weighted by Crippen LogP contribution is 2.19. The number of rotatable bonds is 2. The molecule has 0 fully saturated rings. The Morgan fingerprint density at radius 2 is 2.06 bits per heavy atom. The second-order valence-corrected chi connectivity index (χ2v) is 4.54. The number of hydrogen-bond acceptors (Lipinski definition) is 3. The third-order valence-electron chi connectivity index (χ3n) is 2.98. The highest BCUT2D eigenvalue weighted by Gasteiger charge is 2.23. The van der Waals surface area contributed by atoms with E-state index in [0.29, 0.717) is 5.70 Å². The minimum atomic E-state index is -0.0530. The van der Waals surface area contributed by atoms with Crippen LogP contribution in [0.5, 0.6) is 0 Å². The maximum absolute atomic E-state index is 11.9. The van der Waals surface area contributed by atoms with Crippen LogP contribution in [0.25, 0.3) is 6.08 Å².